The third-order valence-corrected chi connectivity index (χ3v) is 5.11. The Hall–Kier alpha value is -3.26. The molecular formula is C21H25N5O5. The third-order valence-electron chi connectivity index (χ3n) is 5.11. The van der Waals surface area contributed by atoms with Gasteiger partial charge in [0.2, 0.25) is 5.88 Å². The number of nitrogen functional groups attached to an aromatic ring is 1. The molecule has 31 heavy (non-hydrogen) atoms. The minimum Gasteiger partial charge on any atom is -0.471 e. The highest BCUT2D eigenvalue weighted by Crippen LogP contribution is 2.31. The number of aliphatic hydroxyl groups is 2. The number of nitrogens with zero attached hydrogens (tertiary/aromatic N) is 3. The largest absolute Gasteiger partial charge is 0.471 e. The predicted octanol–water partition coefficient (Wildman–Crippen LogP) is 1.32. The van der Waals surface area contributed by atoms with Crippen LogP contribution >= 0.6 is 0 Å². The van der Waals surface area contributed by atoms with E-state index in [0.717, 1.165) is 6.42 Å². The van der Waals surface area contributed by atoms with E-state index in [1.807, 2.05) is 13.0 Å². The van der Waals surface area contributed by atoms with Gasteiger partial charge >= 0.3 is 0 Å². The molecule has 0 spiro atoms. The van der Waals surface area contributed by atoms with Crippen molar-refractivity contribution in [3.8, 4) is 23.3 Å². The van der Waals surface area contributed by atoms with E-state index < -0.39 is 17.6 Å². The van der Waals surface area contributed by atoms with Gasteiger partial charge in [0.25, 0.3) is 5.91 Å². The van der Waals surface area contributed by atoms with E-state index in [1.165, 1.54) is 0 Å². The molecule has 1 atom stereocenters. The number of aromatic nitrogens is 2. The van der Waals surface area contributed by atoms with Crippen LogP contribution in [0.3, 0.4) is 0 Å². The van der Waals surface area contributed by atoms with E-state index in [-0.39, 0.29) is 36.3 Å². The Morgan fingerprint density at radius 3 is 2.81 bits per heavy atom. The van der Waals surface area contributed by atoms with Gasteiger partial charge in [-0.05, 0) is 37.8 Å². The van der Waals surface area contributed by atoms with E-state index in [0.29, 0.717) is 30.4 Å². The molecule has 1 saturated carbocycles. The molecule has 5 N–H and O–H groups in total. The number of hydrogen-bond donors (Lipinski definition) is 4. The first kappa shape index (κ1) is 22.4. The van der Waals surface area contributed by atoms with Crippen molar-refractivity contribution < 1.29 is 24.6 Å². The maximum atomic E-state index is 12.7. The summed E-state index contributed by atoms with van der Waals surface area (Å²) in [6, 6.07) is 8.64. The van der Waals surface area contributed by atoms with Crippen molar-refractivity contribution in [2.24, 2.45) is 0 Å². The zero-order valence-corrected chi connectivity index (χ0v) is 17.2. The topological polar surface area (TPSA) is 164 Å². The molecule has 1 heterocycles. The van der Waals surface area contributed by atoms with Crippen molar-refractivity contribution in [2.75, 3.05) is 18.9 Å². The summed E-state index contributed by atoms with van der Waals surface area (Å²) in [5.74, 6) is -0.841. The number of carbonyl (C=O) groups is 1. The fraction of sp³-hybridized carbons (Fsp3) is 0.429. The third kappa shape index (κ3) is 5.27. The Balaban J connectivity index is 1.90. The number of benzene rings is 1. The Morgan fingerprint density at radius 2 is 2.19 bits per heavy atom. The average molecular weight is 427 g/mol. The minimum atomic E-state index is -0.936. The Morgan fingerprint density at radius 1 is 1.42 bits per heavy atom. The molecule has 164 valence electrons. The Labute approximate surface area is 179 Å². The fourth-order valence-corrected chi connectivity index (χ4v) is 3.04. The SMILES string of the molecule is CC[C@@H](CO)Oc1nc(-c2cccc(C#N)c2)nc(N)c1C(=O)NOCC1(O)CCC1. The van der Waals surface area contributed by atoms with E-state index in [1.54, 1.807) is 24.3 Å². The van der Waals surface area contributed by atoms with Gasteiger partial charge < -0.3 is 20.7 Å². The summed E-state index contributed by atoms with van der Waals surface area (Å²) in [6.07, 6.45) is 1.96. The van der Waals surface area contributed by atoms with Crippen LogP contribution in [0.15, 0.2) is 24.3 Å². The normalized spacial score (nSPS) is 15.4. The van der Waals surface area contributed by atoms with Crippen molar-refractivity contribution in [3.63, 3.8) is 0 Å². The van der Waals surface area contributed by atoms with E-state index >= 15 is 0 Å². The highest BCUT2D eigenvalue weighted by molar-refractivity contribution is 6.00. The van der Waals surface area contributed by atoms with Crippen molar-refractivity contribution in [1.82, 2.24) is 15.4 Å². The van der Waals surface area contributed by atoms with E-state index in [9.17, 15) is 15.0 Å². The zero-order valence-electron chi connectivity index (χ0n) is 17.2. The minimum absolute atomic E-state index is 0.0526. The second-order valence-corrected chi connectivity index (χ2v) is 7.43. The number of carbonyl (C=O) groups excluding carboxylic acids is 1. The number of nitrogens with two attached hydrogens (primary N) is 1. The van der Waals surface area contributed by atoms with Gasteiger partial charge in [-0.2, -0.15) is 10.2 Å². The fourth-order valence-electron chi connectivity index (χ4n) is 3.04. The molecule has 10 nitrogen and oxygen atoms in total. The van der Waals surface area contributed by atoms with Crippen LogP contribution in [0, 0.1) is 11.3 Å². The average Bonchev–Trinajstić information content (AvgIpc) is 2.75. The lowest BCUT2D eigenvalue weighted by Crippen LogP contribution is -2.44. The summed E-state index contributed by atoms with van der Waals surface area (Å²) in [6.45, 7) is 1.47. The lowest BCUT2D eigenvalue weighted by molar-refractivity contribution is -0.113. The van der Waals surface area contributed by atoms with E-state index in [2.05, 4.69) is 15.4 Å². The molecule has 1 aromatic heterocycles. The smallest absolute Gasteiger partial charge is 0.284 e. The maximum absolute atomic E-state index is 12.7. The number of hydroxylamine groups is 1. The number of rotatable bonds is 9. The number of nitriles is 1. The molecule has 1 aliphatic carbocycles. The molecule has 0 radical (unpaired) electrons. The quantitative estimate of drug-likeness (QED) is 0.432. The second-order valence-electron chi connectivity index (χ2n) is 7.43. The Bertz CT molecular complexity index is 983. The first-order valence-corrected chi connectivity index (χ1v) is 9.99. The lowest BCUT2D eigenvalue weighted by atomic mass is 9.81. The zero-order chi connectivity index (χ0) is 22.4. The Kier molecular flexibility index (Phi) is 7.02. The van der Waals surface area contributed by atoms with Crippen LogP contribution in [0.25, 0.3) is 11.4 Å². The summed E-state index contributed by atoms with van der Waals surface area (Å²) in [5, 5.41) is 28.7. The summed E-state index contributed by atoms with van der Waals surface area (Å²) < 4.78 is 5.73. The number of hydrogen-bond acceptors (Lipinski definition) is 9. The van der Waals surface area contributed by atoms with Crippen molar-refractivity contribution in [3.05, 3.63) is 35.4 Å². The van der Waals surface area contributed by atoms with Crippen LogP contribution < -0.4 is 16.0 Å². The monoisotopic (exact) mass is 427 g/mol. The van der Waals surface area contributed by atoms with Gasteiger partial charge in [0.05, 0.1) is 23.8 Å². The van der Waals surface area contributed by atoms with Crippen molar-refractivity contribution >= 4 is 11.7 Å². The van der Waals surface area contributed by atoms with Crippen LogP contribution in [0.1, 0.15) is 48.5 Å². The van der Waals surface area contributed by atoms with Crippen LogP contribution in [-0.4, -0.2) is 51.0 Å². The number of nitrogens with one attached hydrogen (secondary N) is 1. The van der Waals surface area contributed by atoms with Gasteiger partial charge in [0.1, 0.15) is 24.1 Å². The number of amides is 1. The number of anilines is 1. The van der Waals surface area contributed by atoms with Crippen LogP contribution in [0.5, 0.6) is 5.88 Å². The molecule has 1 aliphatic rings. The molecule has 0 saturated heterocycles. The summed E-state index contributed by atoms with van der Waals surface area (Å²) in [7, 11) is 0. The second kappa shape index (κ2) is 9.70. The molecule has 10 heteroatoms. The van der Waals surface area contributed by atoms with Gasteiger partial charge in [-0.3, -0.25) is 9.63 Å². The standard InChI is InChI=1S/C21H25N5O5/c1-2-15(11-27)31-20-16(19(28)26-30-12-21(29)7-4-8-21)17(23)24-18(25-20)14-6-3-5-13(9-14)10-22/h3,5-6,9,15,27,29H,2,4,7-8,11-12H2,1H3,(H,26,28)(H2,23,24,25)/t15-/m0/s1. The van der Waals surface area contributed by atoms with Gasteiger partial charge in [0.15, 0.2) is 5.82 Å². The summed E-state index contributed by atoms with van der Waals surface area (Å²) >= 11 is 0. The molecule has 1 amide bonds. The molecule has 0 unspecified atom stereocenters. The maximum Gasteiger partial charge on any atom is 0.284 e. The van der Waals surface area contributed by atoms with Gasteiger partial charge in [-0.25, -0.2) is 10.5 Å². The molecular weight excluding hydrogens is 402 g/mol. The summed E-state index contributed by atoms with van der Waals surface area (Å²) in [4.78, 5) is 26.4. The number of ether oxygens (including phenoxy) is 1. The highest BCUT2D eigenvalue weighted by atomic mass is 16.7. The molecule has 1 aromatic carbocycles. The van der Waals surface area contributed by atoms with Gasteiger partial charge in [0, 0.05) is 5.56 Å². The van der Waals surface area contributed by atoms with Crippen LogP contribution in [0.4, 0.5) is 5.82 Å². The van der Waals surface area contributed by atoms with E-state index in [4.69, 9.17) is 20.6 Å². The number of aliphatic hydroxyl groups excluding tert-OH is 1. The van der Waals surface area contributed by atoms with Crippen molar-refractivity contribution in [1.29, 1.82) is 5.26 Å². The molecule has 1 fully saturated rings. The summed E-state index contributed by atoms with van der Waals surface area (Å²) in [5.41, 5.74) is 8.15. The molecule has 3 rings (SSSR count). The van der Waals surface area contributed by atoms with Crippen LogP contribution in [0.2, 0.25) is 0 Å². The van der Waals surface area contributed by atoms with Gasteiger partial charge in [-0.15, -0.1) is 0 Å². The first-order chi connectivity index (χ1) is 14.9. The van der Waals surface area contributed by atoms with Gasteiger partial charge in [-0.1, -0.05) is 19.1 Å². The predicted molar refractivity (Wildman–Crippen MR) is 111 cm³/mol. The lowest BCUT2D eigenvalue weighted by Gasteiger charge is -2.35. The molecule has 0 bridgehead atoms. The van der Waals surface area contributed by atoms with Crippen molar-refractivity contribution in [2.45, 2.75) is 44.3 Å². The molecule has 0 aliphatic heterocycles. The first-order valence-electron chi connectivity index (χ1n) is 9.99. The molecule has 2 aromatic rings. The van der Waals surface area contributed by atoms with Crippen LogP contribution in [-0.2, 0) is 4.84 Å². The highest BCUT2D eigenvalue weighted by Gasteiger charge is 2.35.